The first-order valence-electron chi connectivity index (χ1n) is 19.1. The van der Waals surface area contributed by atoms with Crippen LogP contribution in [0.25, 0.3) is 77.3 Å². The molecule has 57 heavy (non-hydrogen) atoms. The zero-order chi connectivity index (χ0) is 37.5. The zero-order valence-corrected chi connectivity index (χ0v) is 30.6. The van der Waals surface area contributed by atoms with E-state index in [0.29, 0.717) is 5.82 Å². The van der Waals surface area contributed by atoms with Gasteiger partial charge in [0.05, 0.1) is 22.6 Å². The number of nitrogens with zero attached hydrogens (tertiary/aromatic N) is 3. The number of hydrogen-bond acceptors (Lipinski definition) is 5. The van der Waals surface area contributed by atoms with Gasteiger partial charge in [-0.15, -0.1) is 0 Å². The Hall–Kier alpha value is -7.76. The van der Waals surface area contributed by atoms with E-state index in [2.05, 4.69) is 169 Å². The van der Waals surface area contributed by atoms with Gasteiger partial charge in [-0.05, 0) is 86.9 Å². The molecule has 3 heterocycles. The van der Waals surface area contributed by atoms with Crippen LogP contribution in [0.1, 0.15) is 0 Å². The summed E-state index contributed by atoms with van der Waals surface area (Å²) in [5, 5.41) is 5.53. The maximum atomic E-state index is 6.77. The third-order valence-corrected chi connectivity index (χ3v) is 11.2. The summed E-state index contributed by atoms with van der Waals surface area (Å²) in [5.41, 5.74) is 11.0. The van der Waals surface area contributed by atoms with Crippen LogP contribution in [0, 0.1) is 0 Å². The summed E-state index contributed by atoms with van der Waals surface area (Å²) in [6, 6.07) is 65.5. The normalized spacial score (nSPS) is 12.5. The Balaban J connectivity index is 1.00. The van der Waals surface area contributed by atoms with Crippen LogP contribution in [0.2, 0.25) is 0 Å². The third kappa shape index (κ3) is 5.10. The first-order chi connectivity index (χ1) is 28.2. The molecule has 10 aromatic rings. The van der Waals surface area contributed by atoms with E-state index < -0.39 is 0 Å². The van der Waals surface area contributed by atoms with Crippen LogP contribution in [0.4, 0.5) is 17.1 Å². The van der Waals surface area contributed by atoms with Crippen molar-refractivity contribution in [2.24, 2.45) is 0 Å². The standard InChI is InChI=1S/C52H31N3O2/c1-2-11-32(12-3-1)33-21-23-35(24-22-33)49-42-26-25-34-13-6-7-18-41(34)50(42)54-52(53-49)39-17-10-16-36(27-39)40-30-47-51-48(31-40)57-46-29-38-15-5-4-14-37(38)28-44(46)55(51)43-19-8-9-20-45(43)56-47/h1-31H. The number of fused-ring (bicyclic) bond motifs is 8. The summed E-state index contributed by atoms with van der Waals surface area (Å²) >= 11 is 0. The number of anilines is 3. The minimum Gasteiger partial charge on any atom is -0.453 e. The SMILES string of the molecule is c1ccc(-c2ccc(-c3nc(-c4cccc(-c5cc6c7c(c5)Oc5cc8ccccc8cc5N7c5ccccc5O6)c4)nc4c3ccc3ccccc34)cc2)cc1. The predicted molar refractivity (Wildman–Crippen MR) is 231 cm³/mol. The molecule has 5 nitrogen and oxygen atoms in total. The van der Waals surface area contributed by atoms with Crippen LogP contribution in [-0.4, -0.2) is 9.97 Å². The molecular weight excluding hydrogens is 699 g/mol. The van der Waals surface area contributed by atoms with Crippen LogP contribution < -0.4 is 14.4 Å². The largest absolute Gasteiger partial charge is 0.453 e. The van der Waals surface area contributed by atoms with Crippen molar-refractivity contribution in [3.05, 3.63) is 188 Å². The van der Waals surface area contributed by atoms with E-state index in [0.717, 1.165) is 106 Å². The van der Waals surface area contributed by atoms with Crippen molar-refractivity contribution in [2.45, 2.75) is 0 Å². The molecule has 0 spiro atoms. The van der Waals surface area contributed by atoms with E-state index in [1.54, 1.807) is 0 Å². The number of aromatic nitrogens is 2. The third-order valence-electron chi connectivity index (χ3n) is 11.2. The second-order valence-electron chi connectivity index (χ2n) is 14.6. The zero-order valence-electron chi connectivity index (χ0n) is 30.6. The maximum absolute atomic E-state index is 6.77. The van der Waals surface area contributed by atoms with Crippen molar-refractivity contribution in [3.8, 4) is 67.9 Å². The highest BCUT2D eigenvalue weighted by Crippen LogP contribution is 2.61. The van der Waals surface area contributed by atoms with Crippen LogP contribution in [-0.2, 0) is 0 Å². The molecule has 2 aliphatic rings. The van der Waals surface area contributed by atoms with Crippen molar-refractivity contribution >= 4 is 49.5 Å². The summed E-state index contributed by atoms with van der Waals surface area (Å²) in [6.45, 7) is 0. The van der Waals surface area contributed by atoms with E-state index >= 15 is 0 Å². The van der Waals surface area contributed by atoms with Crippen molar-refractivity contribution in [1.82, 2.24) is 9.97 Å². The highest BCUT2D eigenvalue weighted by atomic mass is 16.5. The van der Waals surface area contributed by atoms with E-state index in [1.807, 2.05) is 24.3 Å². The first-order valence-corrected chi connectivity index (χ1v) is 19.1. The minimum absolute atomic E-state index is 0.663. The smallest absolute Gasteiger partial charge is 0.160 e. The molecule has 1 aromatic heterocycles. The molecule has 0 bridgehead atoms. The lowest BCUT2D eigenvalue weighted by atomic mass is 9.97. The van der Waals surface area contributed by atoms with Crippen LogP contribution in [0.5, 0.6) is 23.0 Å². The van der Waals surface area contributed by atoms with Gasteiger partial charge in [-0.25, -0.2) is 9.97 Å². The Labute approximate surface area is 328 Å². The quantitative estimate of drug-likeness (QED) is 0.169. The van der Waals surface area contributed by atoms with Gasteiger partial charge in [0.15, 0.2) is 28.8 Å². The van der Waals surface area contributed by atoms with Gasteiger partial charge in [-0.3, -0.25) is 4.90 Å². The van der Waals surface area contributed by atoms with Gasteiger partial charge >= 0.3 is 0 Å². The van der Waals surface area contributed by atoms with Crippen molar-refractivity contribution < 1.29 is 9.47 Å². The molecule has 5 heteroatoms. The second-order valence-corrected chi connectivity index (χ2v) is 14.6. The Morgan fingerprint density at radius 2 is 1.00 bits per heavy atom. The van der Waals surface area contributed by atoms with Gasteiger partial charge < -0.3 is 9.47 Å². The summed E-state index contributed by atoms with van der Waals surface area (Å²) in [6.07, 6.45) is 0. The molecule has 0 N–H and O–H groups in total. The van der Waals surface area contributed by atoms with Gasteiger partial charge in [0.1, 0.15) is 5.69 Å². The van der Waals surface area contributed by atoms with Crippen molar-refractivity contribution in [3.63, 3.8) is 0 Å². The van der Waals surface area contributed by atoms with Crippen molar-refractivity contribution in [2.75, 3.05) is 4.90 Å². The molecule has 0 fully saturated rings. The van der Waals surface area contributed by atoms with Crippen LogP contribution in [0.3, 0.4) is 0 Å². The predicted octanol–water partition coefficient (Wildman–Crippen LogP) is 14.3. The highest BCUT2D eigenvalue weighted by Gasteiger charge is 2.35. The Morgan fingerprint density at radius 3 is 1.84 bits per heavy atom. The fourth-order valence-corrected chi connectivity index (χ4v) is 8.43. The Morgan fingerprint density at radius 1 is 0.351 bits per heavy atom. The van der Waals surface area contributed by atoms with Crippen molar-refractivity contribution in [1.29, 1.82) is 0 Å². The molecule has 0 atom stereocenters. The maximum Gasteiger partial charge on any atom is 0.160 e. The molecule has 0 saturated carbocycles. The van der Waals surface area contributed by atoms with Crippen LogP contribution in [0.15, 0.2) is 188 Å². The lowest BCUT2D eigenvalue weighted by molar-refractivity contribution is 0.446. The molecule has 0 amide bonds. The fraction of sp³-hybridized carbons (Fsp3) is 0. The number of benzene rings is 9. The molecule has 9 aromatic carbocycles. The average Bonchev–Trinajstić information content (AvgIpc) is 3.28. The molecule has 0 radical (unpaired) electrons. The average molecular weight is 730 g/mol. The molecule has 2 aliphatic heterocycles. The molecule has 0 saturated heterocycles. The summed E-state index contributed by atoms with van der Waals surface area (Å²) in [5.74, 6) is 3.73. The van der Waals surface area contributed by atoms with Gasteiger partial charge in [0, 0.05) is 21.9 Å². The van der Waals surface area contributed by atoms with Gasteiger partial charge in [-0.2, -0.15) is 0 Å². The molecule has 0 aliphatic carbocycles. The van der Waals surface area contributed by atoms with Gasteiger partial charge in [-0.1, -0.05) is 140 Å². The number of para-hydroxylation sites is 2. The first kappa shape index (κ1) is 31.6. The van der Waals surface area contributed by atoms with E-state index in [-0.39, 0.29) is 0 Å². The lowest BCUT2D eigenvalue weighted by Gasteiger charge is -2.38. The van der Waals surface area contributed by atoms with Gasteiger partial charge in [0.25, 0.3) is 0 Å². The number of rotatable bonds is 4. The monoisotopic (exact) mass is 729 g/mol. The van der Waals surface area contributed by atoms with E-state index in [9.17, 15) is 0 Å². The lowest BCUT2D eigenvalue weighted by Crippen LogP contribution is -2.20. The fourth-order valence-electron chi connectivity index (χ4n) is 8.43. The topological polar surface area (TPSA) is 47.5 Å². The molecule has 0 unspecified atom stereocenters. The highest BCUT2D eigenvalue weighted by molar-refractivity contribution is 6.10. The summed E-state index contributed by atoms with van der Waals surface area (Å²) < 4.78 is 13.4. The van der Waals surface area contributed by atoms with E-state index in [4.69, 9.17) is 19.4 Å². The minimum atomic E-state index is 0.663. The number of hydrogen-bond donors (Lipinski definition) is 0. The van der Waals surface area contributed by atoms with E-state index in [1.165, 1.54) is 5.56 Å². The molecular formula is C52H31N3O2. The Kier molecular flexibility index (Phi) is 6.86. The van der Waals surface area contributed by atoms with Crippen LogP contribution >= 0.6 is 0 Å². The number of ether oxygens (including phenoxy) is 2. The van der Waals surface area contributed by atoms with Gasteiger partial charge in [0.2, 0.25) is 0 Å². The second kappa shape index (κ2) is 12.4. The Bertz CT molecular complexity index is 3250. The summed E-state index contributed by atoms with van der Waals surface area (Å²) in [7, 11) is 0. The summed E-state index contributed by atoms with van der Waals surface area (Å²) in [4.78, 5) is 12.9. The molecule has 12 rings (SSSR count). The molecule has 266 valence electrons.